The molecule has 0 unspecified atom stereocenters. The number of methoxy groups -OCH3 is 1. The molecule has 0 spiro atoms. The van der Waals surface area contributed by atoms with E-state index in [1.165, 1.54) is 4.88 Å². The molecule has 7 heteroatoms. The molecule has 0 amide bonds. The second-order valence-electron chi connectivity index (χ2n) is 4.90. The molecule has 0 saturated heterocycles. The van der Waals surface area contributed by atoms with Crippen LogP contribution < -0.4 is 20.5 Å². The minimum Gasteiger partial charge on any atom is -0.497 e. The van der Waals surface area contributed by atoms with Crippen LogP contribution in [0.4, 0.5) is 0 Å². The molecule has 1 aromatic heterocycles. The van der Waals surface area contributed by atoms with Gasteiger partial charge in [-0.15, -0.1) is 35.3 Å². The molecule has 0 aliphatic heterocycles. The Morgan fingerprint density at radius 3 is 2.62 bits per heavy atom. The second-order valence-corrected chi connectivity index (χ2v) is 5.93. The maximum absolute atomic E-state index is 5.83. The molecule has 0 radical (unpaired) electrons. The fraction of sp³-hybridized carbons (Fsp3) is 0.353. The van der Waals surface area contributed by atoms with Gasteiger partial charge in [-0.25, -0.2) is 0 Å². The lowest BCUT2D eigenvalue weighted by Crippen LogP contribution is -2.33. The van der Waals surface area contributed by atoms with Gasteiger partial charge in [0.15, 0.2) is 5.96 Å². The van der Waals surface area contributed by atoms with Gasteiger partial charge >= 0.3 is 0 Å². The third-order valence-electron chi connectivity index (χ3n) is 3.17. The van der Waals surface area contributed by atoms with Gasteiger partial charge in [-0.2, -0.15) is 0 Å². The Labute approximate surface area is 164 Å². The number of guanidine groups is 1. The number of hydrogen-bond acceptors (Lipinski definition) is 4. The van der Waals surface area contributed by atoms with Crippen molar-refractivity contribution in [3.63, 3.8) is 0 Å². The minimum absolute atomic E-state index is 0. The number of halogens is 1. The predicted octanol–water partition coefficient (Wildman–Crippen LogP) is 3.29. The number of hydrogen-bond donors (Lipinski definition) is 2. The topological polar surface area (TPSA) is 68.9 Å². The highest BCUT2D eigenvalue weighted by molar-refractivity contribution is 14.0. The highest BCUT2D eigenvalue weighted by atomic mass is 127. The molecule has 132 valence electrons. The van der Waals surface area contributed by atoms with Crippen molar-refractivity contribution in [2.24, 2.45) is 10.7 Å². The zero-order valence-corrected chi connectivity index (χ0v) is 16.9. The van der Waals surface area contributed by atoms with Crippen molar-refractivity contribution < 1.29 is 9.47 Å². The number of rotatable bonds is 9. The van der Waals surface area contributed by atoms with E-state index in [0.717, 1.165) is 30.9 Å². The van der Waals surface area contributed by atoms with Crippen LogP contribution in [0, 0.1) is 0 Å². The summed E-state index contributed by atoms with van der Waals surface area (Å²) in [4.78, 5) is 5.63. The van der Waals surface area contributed by atoms with Crippen molar-refractivity contribution >= 4 is 41.3 Å². The van der Waals surface area contributed by atoms with Crippen molar-refractivity contribution in [3.05, 3.63) is 46.7 Å². The molecule has 2 rings (SSSR count). The van der Waals surface area contributed by atoms with Crippen LogP contribution in [0.3, 0.4) is 0 Å². The van der Waals surface area contributed by atoms with E-state index in [2.05, 4.69) is 27.8 Å². The van der Waals surface area contributed by atoms with E-state index in [0.29, 0.717) is 19.1 Å². The summed E-state index contributed by atoms with van der Waals surface area (Å²) in [6.07, 6.45) is 1.79. The first kappa shape index (κ1) is 20.6. The average molecular weight is 461 g/mol. The van der Waals surface area contributed by atoms with Crippen LogP contribution in [0.2, 0.25) is 0 Å². The summed E-state index contributed by atoms with van der Waals surface area (Å²) in [6.45, 7) is 2.06. The molecule has 2 aromatic rings. The molecule has 1 heterocycles. The lowest BCUT2D eigenvalue weighted by atomic mass is 10.3. The van der Waals surface area contributed by atoms with Crippen molar-refractivity contribution in [2.45, 2.75) is 12.8 Å². The van der Waals surface area contributed by atoms with E-state index in [-0.39, 0.29) is 24.0 Å². The Bertz CT molecular complexity index is 588. The summed E-state index contributed by atoms with van der Waals surface area (Å²) in [7, 11) is 1.65. The quantitative estimate of drug-likeness (QED) is 0.260. The van der Waals surface area contributed by atoms with Gasteiger partial charge in [-0.1, -0.05) is 6.07 Å². The van der Waals surface area contributed by atoms with Gasteiger partial charge in [0.05, 0.1) is 13.7 Å². The normalized spacial score (nSPS) is 10.8. The number of thiophene rings is 1. The van der Waals surface area contributed by atoms with E-state index in [4.69, 9.17) is 15.2 Å². The van der Waals surface area contributed by atoms with Crippen LogP contribution in [0.15, 0.2) is 46.8 Å². The lowest BCUT2D eigenvalue weighted by Gasteiger charge is -2.07. The van der Waals surface area contributed by atoms with E-state index < -0.39 is 0 Å². The molecule has 3 N–H and O–H groups in total. The second kappa shape index (κ2) is 12.0. The highest BCUT2D eigenvalue weighted by Crippen LogP contribution is 2.16. The summed E-state index contributed by atoms with van der Waals surface area (Å²) in [5.41, 5.74) is 5.83. The maximum atomic E-state index is 5.83. The van der Waals surface area contributed by atoms with Crippen LogP contribution in [0.1, 0.15) is 11.3 Å². The van der Waals surface area contributed by atoms with E-state index in [1.54, 1.807) is 18.4 Å². The lowest BCUT2D eigenvalue weighted by molar-refractivity contribution is 0.312. The predicted molar refractivity (Wildman–Crippen MR) is 111 cm³/mol. The standard InChI is InChI=1S/C17H23N3O2S.HI/c1-21-14-5-7-15(8-6-14)22-12-3-10-19-17(18)20-11-9-16-4-2-13-23-16;/h2,4-8,13H,3,9-12H2,1H3,(H3,18,19,20);1H. The van der Waals surface area contributed by atoms with Crippen molar-refractivity contribution in [3.8, 4) is 11.5 Å². The molecular weight excluding hydrogens is 437 g/mol. The van der Waals surface area contributed by atoms with E-state index in [1.807, 2.05) is 24.3 Å². The van der Waals surface area contributed by atoms with Gasteiger partial charge in [-0.3, -0.25) is 4.99 Å². The van der Waals surface area contributed by atoms with Crippen LogP contribution in [-0.4, -0.2) is 32.8 Å². The number of aliphatic imine (C=N–C) groups is 1. The van der Waals surface area contributed by atoms with Gasteiger partial charge in [0, 0.05) is 24.4 Å². The van der Waals surface area contributed by atoms with Gasteiger partial charge in [-0.05, 0) is 42.1 Å². The molecule has 0 fully saturated rings. The highest BCUT2D eigenvalue weighted by Gasteiger charge is 1.97. The summed E-state index contributed by atoms with van der Waals surface area (Å²) in [6, 6.07) is 11.7. The summed E-state index contributed by atoms with van der Waals surface area (Å²) >= 11 is 1.75. The Morgan fingerprint density at radius 1 is 1.21 bits per heavy atom. The third-order valence-corrected chi connectivity index (χ3v) is 4.11. The monoisotopic (exact) mass is 461 g/mol. The average Bonchev–Trinajstić information content (AvgIpc) is 3.08. The maximum Gasteiger partial charge on any atom is 0.188 e. The van der Waals surface area contributed by atoms with Crippen LogP contribution in [0.5, 0.6) is 11.5 Å². The number of benzene rings is 1. The molecule has 0 atom stereocenters. The molecule has 0 aliphatic carbocycles. The molecule has 1 aromatic carbocycles. The first-order chi connectivity index (χ1) is 11.3. The van der Waals surface area contributed by atoms with Gasteiger partial charge in [0.1, 0.15) is 11.5 Å². The Hall–Kier alpha value is -1.48. The number of ether oxygens (including phenoxy) is 2. The zero-order chi connectivity index (χ0) is 16.3. The van der Waals surface area contributed by atoms with Gasteiger partial charge < -0.3 is 20.5 Å². The summed E-state index contributed by atoms with van der Waals surface area (Å²) < 4.78 is 10.7. The Balaban J connectivity index is 0.00000288. The molecule has 24 heavy (non-hydrogen) atoms. The van der Waals surface area contributed by atoms with Gasteiger partial charge in [0.25, 0.3) is 0 Å². The van der Waals surface area contributed by atoms with E-state index >= 15 is 0 Å². The first-order valence-corrected chi connectivity index (χ1v) is 8.49. The molecule has 5 nitrogen and oxygen atoms in total. The van der Waals surface area contributed by atoms with Gasteiger partial charge in [0.2, 0.25) is 0 Å². The SMILES string of the molecule is COc1ccc(OCCCN=C(N)NCCc2cccs2)cc1.I. The zero-order valence-electron chi connectivity index (χ0n) is 13.7. The number of nitrogens with one attached hydrogen (secondary N) is 1. The Kier molecular flexibility index (Phi) is 10.3. The summed E-state index contributed by atoms with van der Waals surface area (Å²) in [5.74, 6) is 2.14. The van der Waals surface area contributed by atoms with Crippen molar-refractivity contribution in [1.29, 1.82) is 0 Å². The van der Waals surface area contributed by atoms with Crippen LogP contribution in [0.25, 0.3) is 0 Å². The molecule has 0 aliphatic rings. The molecule has 0 saturated carbocycles. The number of nitrogens with two attached hydrogens (primary N) is 1. The summed E-state index contributed by atoms with van der Waals surface area (Å²) in [5, 5.41) is 5.20. The minimum atomic E-state index is 0. The van der Waals surface area contributed by atoms with Crippen LogP contribution >= 0.6 is 35.3 Å². The van der Waals surface area contributed by atoms with Crippen molar-refractivity contribution in [2.75, 3.05) is 26.8 Å². The first-order valence-electron chi connectivity index (χ1n) is 7.61. The van der Waals surface area contributed by atoms with E-state index in [9.17, 15) is 0 Å². The largest absolute Gasteiger partial charge is 0.497 e. The fourth-order valence-corrected chi connectivity index (χ4v) is 2.66. The third kappa shape index (κ3) is 7.87. The molecular formula is C17H24IN3O2S. The smallest absolute Gasteiger partial charge is 0.188 e. The Morgan fingerprint density at radius 2 is 1.96 bits per heavy atom. The van der Waals surface area contributed by atoms with Crippen molar-refractivity contribution in [1.82, 2.24) is 5.32 Å². The fourth-order valence-electron chi connectivity index (χ4n) is 1.95. The molecule has 0 bridgehead atoms. The van der Waals surface area contributed by atoms with Crippen LogP contribution in [-0.2, 0) is 6.42 Å². The number of nitrogens with zero attached hydrogens (tertiary/aromatic N) is 1.